The van der Waals surface area contributed by atoms with E-state index in [1.54, 1.807) is 7.05 Å². The molecule has 1 aliphatic heterocycles. The zero-order valence-electron chi connectivity index (χ0n) is 14.0. The van der Waals surface area contributed by atoms with Gasteiger partial charge in [-0.2, -0.15) is 0 Å². The van der Waals surface area contributed by atoms with Crippen molar-refractivity contribution in [3.8, 4) is 0 Å². The van der Waals surface area contributed by atoms with Crippen LogP contribution in [0.2, 0.25) is 0 Å². The number of guanidine groups is 1. The van der Waals surface area contributed by atoms with Crippen LogP contribution in [0.5, 0.6) is 0 Å². The first kappa shape index (κ1) is 17.3. The number of para-hydroxylation sites is 1. The van der Waals surface area contributed by atoms with Gasteiger partial charge in [-0.25, -0.2) is 0 Å². The molecule has 6 nitrogen and oxygen atoms in total. The number of hydrogen-bond acceptors (Lipinski definition) is 3. The number of fused-ring (bicyclic) bond motifs is 1. The second-order valence-electron chi connectivity index (χ2n) is 5.33. The molecule has 6 heteroatoms. The van der Waals surface area contributed by atoms with Crippen LogP contribution in [0.4, 0.5) is 5.69 Å². The van der Waals surface area contributed by atoms with Gasteiger partial charge in [0.1, 0.15) is 0 Å². The second-order valence-corrected chi connectivity index (χ2v) is 5.33. The Balaban J connectivity index is 1.85. The Hall–Kier alpha value is -2.08. The lowest BCUT2D eigenvalue weighted by Crippen LogP contribution is -2.46. The normalized spacial score (nSPS) is 14.3. The predicted octanol–water partition coefficient (Wildman–Crippen LogP) is 1.17. The highest BCUT2D eigenvalue weighted by Crippen LogP contribution is 2.26. The summed E-state index contributed by atoms with van der Waals surface area (Å²) in [5.41, 5.74) is 2.27. The number of carbonyl (C=O) groups is 1. The minimum atomic E-state index is 0.0601. The molecule has 0 saturated carbocycles. The molecule has 0 radical (unpaired) electrons. The Morgan fingerprint density at radius 2 is 2.17 bits per heavy atom. The standard InChI is InChI=1S/C17H26N4O2/c1-3-23-12-10-19-17(18-2)20-13-16(22)21-11-6-8-14-7-4-5-9-15(14)21/h4-5,7,9H,3,6,8,10-13H2,1-2H3,(H2,18,19,20). The molecule has 1 amide bonds. The highest BCUT2D eigenvalue weighted by molar-refractivity contribution is 5.98. The van der Waals surface area contributed by atoms with Crippen LogP contribution in [-0.4, -0.2) is 51.8 Å². The van der Waals surface area contributed by atoms with Crippen LogP contribution < -0.4 is 15.5 Å². The van der Waals surface area contributed by atoms with Crippen molar-refractivity contribution in [2.24, 2.45) is 4.99 Å². The van der Waals surface area contributed by atoms with E-state index in [9.17, 15) is 4.79 Å². The molecule has 0 fully saturated rings. The molecular weight excluding hydrogens is 292 g/mol. The second kappa shape index (κ2) is 9.15. The summed E-state index contributed by atoms with van der Waals surface area (Å²) >= 11 is 0. The molecule has 0 bridgehead atoms. The molecule has 1 aromatic carbocycles. The van der Waals surface area contributed by atoms with Gasteiger partial charge < -0.3 is 20.3 Å². The summed E-state index contributed by atoms with van der Waals surface area (Å²) in [6.07, 6.45) is 2.04. The number of aliphatic imine (C=N–C) groups is 1. The van der Waals surface area contributed by atoms with Gasteiger partial charge >= 0.3 is 0 Å². The minimum absolute atomic E-state index is 0.0601. The summed E-state index contributed by atoms with van der Waals surface area (Å²) in [4.78, 5) is 18.5. The first-order valence-electron chi connectivity index (χ1n) is 8.16. The van der Waals surface area contributed by atoms with Gasteiger partial charge in [0.15, 0.2) is 5.96 Å². The average molecular weight is 318 g/mol. The van der Waals surface area contributed by atoms with Crippen molar-refractivity contribution in [3.63, 3.8) is 0 Å². The highest BCUT2D eigenvalue weighted by atomic mass is 16.5. The van der Waals surface area contributed by atoms with E-state index < -0.39 is 0 Å². The molecule has 0 aliphatic carbocycles. The lowest BCUT2D eigenvalue weighted by Gasteiger charge is -2.29. The van der Waals surface area contributed by atoms with Crippen LogP contribution in [0.1, 0.15) is 18.9 Å². The third-order valence-corrected chi connectivity index (χ3v) is 3.78. The Kier molecular flexibility index (Phi) is 6.87. The number of anilines is 1. The number of nitrogens with zero attached hydrogens (tertiary/aromatic N) is 2. The van der Waals surface area contributed by atoms with Gasteiger partial charge in [-0.05, 0) is 31.4 Å². The number of rotatable bonds is 6. The van der Waals surface area contributed by atoms with E-state index in [-0.39, 0.29) is 12.5 Å². The molecule has 23 heavy (non-hydrogen) atoms. The van der Waals surface area contributed by atoms with Crippen LogP contribution in [0.3, 0.4) is 0 Å². The largest absolute Gasteiger partial charge is 0.380 e. The molecule has 0 unspecified atom stereocenters. The summed E-state index contributed by atoms with van der Waals surface area (Å²) in [7, 11) is 1.69. The zero-order valence-corrected chi connectivity index (χ0v) is 14.0. The van der Waals surface area contributed by atoms with Crippen molar-refractivity contribution in [2.45, 2.75) is 19.8 Å². The topological polar surface area (TPSA) is 66.0 Å². The van der Waals surface area contributed by atoms with E-state index in [1.807, 2.05) is 30.0 Å². The van der Waals surface area contributed by atoms with Crippen molar-refractivity contribution in [1.82, 2.24) is 10.6 Å². The molecule has 2 N–H and O–H groups in total. The summed E-state index contributed by atoms with van der Waals surface area (Å²) in [5, 5.41) is 6.19. The number of ether oxygens (including phenoxy) is 1. The van der Waals surface area contributed by atoms with Gasteiger partial charge in [-0.15, -0.1) is 0 Å². The molecular formula is C17H26N4O2. The first-order valence-corrected chi connectivity index (χ1v) is 8.16. The van der Waals surface area contributed by atoms with Crippen molar-refractivity contribution in [1.29, 1.82) is 0 Å². The van der Waals surface area contributed by atoms with E-state index >= 15 is 0 Å². The monoisotopic (exact) mass is 318 g/mol. The highest BCUT2D eigenvalue weighted by Gasteiger charge is 2.21. The number of nitrogens with one attached hydrogen (secondary N) is 2. The van der Waals surface area contributed by atoms with E-state index in [2.05, 4.69) is 21.7 Å². The van der Waals surface area contributed by atoms with Crippen LogP contribution in [0.15, 0.2) is 29.3 Å². The average Bonchev–Trinajstić information content (AvgIpc) is 2.60. The van der Waals surface area contributed by atoms with E-state index in [4.69, 9.17) is 4.74 Å². The summed E-state index contributed by atoms with van der Waals surface area (Å²) in [6, 6.07) is 8.11. The first-order chi connectivity index (χ1) is 11.3. The maximum Gasteiger partial charge on any atom is 0.246 e. The molecule has 2 rings (SSSR count). The molecule has 0 saturated heterocycles. The fraction of sp³-hybridized carbons (Fsp3) is 0.529. The Morgan fingerprint density at radius 1 is 1.35 bits per heavy atom. The number of hydrogen-bond donors (Lipinski definition) is 2. The molecule has 1 aliphatic rings. The van der Waals surface area contributed by atoms with Crippen molar-refractivity contribution >= 4 is 17.6 Å². The zero-order chi connectivity index (χ0) is 16.5. The minimum Gasteiger partial charge on any atom is -0.380 e. The lowest BCUT2D eigenvalue weighted by atomic mass is 10.0. The van der Waals surface area contributed by atoms with E-state index in [0.29, 0.717) is 25.7 Å². The van der Waals surface area contributed by atoms with Gasteiger partial charge in [-0.3, -0.25) is 9.79 Å². The van der Waals surface area contributed by atoms with Crippen molar-refractivity contribution in [2.75, 3.05) is 44.8 Å². The summed E-state index contributed by atoms with van der Waals surface area (Å²) in [5.74, 6) is 0.674. The lowest BCUT2D eigenvalue weighted by molar-refractivity contribution is -0.117. The summed E-state index contributed by atoms with van der Waals surface area (Å²) < 4.78 is 5.27. The van der Waals surface area contributed by atoms with Crippen LogP contribution >= 0.6 is 0 Å². The van der Waals surface area contributed by atoms with Gasteiger partial charge in [0.2, 0.25) is 5.91 Å². The molecule has 1 aromatic rings. The van der Waals surface area contributed by atoms with Gasteiger partial charge in [0.25, 0.3) is 0 Å². The van der Waals surface area contributed by atoms with E-state index in [1.165, 1.54) is 5.56 Å². The summed E-state index contributed by atoms with van der Waals surface area (Å²) in [6.45, 7) is 4.93. The van der Waals surface area contributed by atoms with Crippen LogP contribution in [0.25, 0.3) is 0 Å². The molecule has 126 valence electrons. The molecule has 0 aromatic heterocycles. The quantitative estimate of drug-likeness (QED) is 0.469. The van der Waals surface area contributed by atoms with Gasteiger partial charge in [0.05, 0.1) is 13.2 Å². The van der Waals surface area contributed by atoms with Crippen molar-refractivity contribution < 1.29 is 9.53 Å². The van der Waals surface area contributed by atoms with Gasteiger partial charge in [-0.1, -0.05) is 18.2 Å². The SMILES string of the molecule is CCOCCNC(=NC)NCC(=O)N1CCCc2ccccc21. The Bertz CT molecular complexity index is 545. The van der Waals surface area contributed by atoms with E-state index in [0.717, 1.165) is 25.1 Å². The smallest absolute Gasteiger partial charge is 0.246 e. The predicted molar refractivity (Wildman–Crippen MR) is 93.0 cm³/mol. The third kappa shape index (κ3) is 4.96. The Labute approximate surface area is 137 Å². The number of aryl methyl sites for hydroxylation is 1. The van der Waals surface area contributed by atoms with Crippen LogP contribution in [0, 0.1) is 0 Å². The van der Waals surface area contributed by atoms with Gasteiger partial charge in [0, 0.05) is 32.4 Å². The van der Waals surface area contributed by atoms with Crippen molar-refractivity contribution in [3.05, 3.63) is 29.8 Å². The van der Waals surface area contributed by atoms with Crippen LogP contribution in [-0.2, 0) is 16.0 Å². The third-order valence-electron chi connectivity index (χ3n) is 3.78. The molecule has 0 atom stereocenters. The maximum atomic E-state index is 12.5. The fourth-order valence-electron chi connectivity index (χ4n) is 2.65. The molecule has 1 heterocycles. The fourth-order valence-corrected chi connectivity index (χ4v) is 2.65. The number of amides is 1. The number of carbonyl (C=O) groups excluding carboxylic acids is 1. The maximum absolute atomic E-state index is 12.5. The number of benzene rings is 1. The Morgan fingerprint density at radius 3 is 2.96 bits per heavy atom. The molecule has 0 spiro atoms.